The number of anilines is 1. The normalized spacial score (nSPS) is 12.7. The van der Waals surface area contributed by atoms with Crippen molar-refractivity contribution in [3.63, 3.8) is 0 Å². The summed E-state index contributed by atoms with van der Waals surface area (Å²) in [5.41, 5.74) is 2.66. The molecule has 1 amide bonds. The molecule has 0 radical (unpaired) electrons. The number of halogens is 1. The maximum atomic E-state index is 13.0. The molecule has 6 nitrogen and oxygen atoms in total. The Morgan fingerprint density at radius 3 is 2.67 bits per heavy atom. The molecular formula is C23H21FN2O4. The number of hydrogen-bond acceptors (Lipinski definition) is 4. The van der Waals surface area contributed by atoms with Crippen LogP contribution in [0.25, 0.3) is 0 Å². The van der Waals surface area contributed by atoms with Crippen molar-refractivity contribution in [2.45, 2.75) is 26.2 Å². The average Bonchev–Trinajstić information content (AvgIpc) is 3.19. The third-order valence-corrected chi connectivity index (χ3v) is 5.15. The SMILES string of the molecule is O=C(Cn1cc(OCc2ccc(F)cc2)c(=O)cc1CO)N1CCc2ccccc21. The first-order chi connectivity index (χ1) is 14.5. The molecule has 7 heteroatoms. The highest BCUT2D eigenvalue weighted by molar-refractivity contribution is 5.95. The first kappa shape index (κ1) is 19.8. The van der Waals surface area contributed by atoms with Gasteiger partial charge >= 0.3 is 0 Å². The van der Waals surface area contributed by atoms with Gasteiger partial charge in [-0.05, 0) is 35.7 Å². The van der Waals surface area contributed by atoms with Crippen LogP contribution in [0.1, 0.15) is 16.8 Å². The Kier molecular flexibility index (Phi) is 5.63. The minimum Gasteiger partial charge on any atom is -0.483 e. The Balaban J connectivity index is 1.53. The van der Waals surface area contributed by atoms with Crippen molar-refractivity contribution in [3.05, 3.63) is 93.7 Å². The Morgan fingerprint density at radius 2 is 1.90 bits per heavy atom. The fourth-order valence-corrected chi connectivity index (χ4v) is 3.56. The van der Waals surface area contributed by atoms with E-state index < -0.39 is 5.43 Å². The molecule has 0 aliphatic carbocycles. The number of aliphatic hydroxyl groups is 1. The van der Waals surface area contributed by atoms with E-state index in [1.165, 1.54) is 29.0 Å². The number of ether oxygens (including phenoxy) is 1. The molecule has 0 bridgehead atoms. The largest absolute Gasteiger partial charge is 0.483 e. The fourth-order valence-electron chi connectivity index (χ4n) is 3.56. The number of carbonyl (C=O) groups excluding carboxylic acids is 1. The second-order valence-electron chi connectivity index (χ2n) is 7.12. The lowest BCUT2D eigenvalue weighted by atomic mass is 10.2. The zero-order valence-electron chi connectivity index (χ0n) is 16.3. The smallest absolute Gasteiger partial charge is 0.246 e. The summed E-state index contributed by atoms with van der Waals surface area (Å²) in [5, 5.41) is 9.64. The van der Waals surface area contributed by atoms with Gasteiger partial charge in [0.05, 0.1) is 12.8 Å². The van der Waals surface area contributed by atoms with E-state index in [0.29, 0.717) is 17.8 Å². The van der Waals surface area contributed by atoms with Crippen LogP contribution in [-0.2, 0) is 31.0 Å². The Hall–Kier alpha value is -3.45. The molecule has 1 aliphatic heterocycles. The summed E-state index contributed by atoms with van der Waals surface area (Å²) < 4.78 is 20.2. The summed E-state index contributed by atoms with van der Waals surface area (Å²) in [4.78, 5) is 27.0. The van der Waals surface area contributed by atoms with Gasteiger partial charge in [-0.25, -0.2) is 4.39 Å². The molecule has 154 valence electrons. The van der Waals surface area contributed by atoms with Crippen LogP contribution in [0.2, 0.25) is 0 Å². The van der Waals surface area contributed by atoms with E-state index in [9.17, 15) is 19.1 Å². The van der Waals surface area contributed by atoms with Crippen LogP contribution in [0.4, 0.5) is 10.1 Å². The van der Waals surface area contributed by atoms with E-state index in [4.69, 9.17) is 4.74 Å². The van der Waals surface area contributed by atoms with Crippen LogP contribution in [0, 0.1) is 5.82 Å². The highest BCUT2D eigenvalue weighted by Gasteiger charge is 2.24. The van der Waals surface area contributed by atoms with E-state index in [1.54, 1.807) is 17.0 Å². The molecule has 0 fully saturated rings. The molecule has 3 aromatic rings. The van der Waals surface area contributed by atoms with Gasteiger partial charge in [0, 0.05) is 24.0 Å². The van der Waals surface area contributed by atoms with E-state index >= 15 is 0 Å². The van der Waals surface area contributed by atoms with Crippen molar-refractivity contribution < 1.29 is 19.0 Å². The number of hydrogen-bond donors (Lipinski definition) is 1. The predicted molar refractivity (Wildman–Crippen MR) is 110 cm³/mol. The van der Waals surface area contributed by atoms with Crippen LogP contribution >= 0.6 is 0 Å². The van der Waals surface area contributed by atoms with Gasteiger partial charge in [-0.3, -0.25) is 9.59 Å². The zero-order valence-corrected chi connectivity index (χ0v) is 16.3. The van der Waals surface area contributed by atoms with E-state index in [0.717, 1.165) is 17.7 Å². The van der Waals surface area contributed by atoms with Crippen LogP contribution in [0.5, 0.6) is 5.75 Å². The number of amides is 1. The van der Waals surface area contributed by atoms with Crippen molar-refractivity contribution >= 4 is 11.6 Å². The van der Waals surface area contributed by atoms with Crippen LogP contribution in [0.3, 0.4) is 0 Å². The summed E-state index contributed by atoms with van der Waals surface area (Å²) in [6.45, 7) is 0.275. The molecule has 0 spiro atoms. The molecular weight excluding hydrogens is 387 g/mol. The molecule has 2 aromatic carbocycles. The maximum absolute atomic E-state index is 13.0. The highest BCUT2D eigenvalue weighted by Crippen LogP contribution is 2.27. The van der Waals surface area contributed by atoms with Crippen molar-refractivity contribution in [1.82, 2.24) is 4.57 Å². The van der Waals surface area contributed by atoms with Gasteiger partial charge in [0.1, 0.15) is 19.0 Å². The summed E-state index contributed by atoms with van der Waals surface area (Å²) in [6.07, 6.45) is 2.24. The third kappa shape index (κ3) is 4.11. The van der Waals surface area contributed by atoms with Gasteiger partial charge in [0.2, 0.25) is 11.3 Å². The van der Waals surface area contributed by atoms with Crippen molar-refractivity contribution in [2.75, 3.05) is 11.4 Å². The molecule has 0 unspecified atom stereocenters. The van der Waals surface area contributed by atoms with Crippen LogP contribution in [-0.4, -0.2) is 22.1 Å². The van der Waals surface area contributed by atoms with Gasteiger partial charge in [0.25, 0.3) is 0 Å². The van der Waals surface area contributed by atoms with Gasteiger partial charge in [-0.2, -0.15) is 0 Å². The number of para-hydroxylation sites is 1. The molecule has 1 aromatic heterocycles. The Labute approximate surface area is 172 Å². The number of pyridine rings is 1. The fraction of sp³-hybridized carbons (Fsp3) is 0.217. The monoisotopic (exact) mass is 408 g/mol. The number of aromatic nitrogens is 1. The van der Waals surface area contributed by atoms with E-state index in [1.807, 2.05) is 24.3 Å². The lowest BCUT2D eigenvalue weighted by Crippen LogP contribution is -2.33. The van der Waals surface area contributed by atoms with Crippen LogP contribution < -0.4 is 15.1 Å². The van der Waals surface area contributed by atoms with Gasteiger partial charge in [-0.15, -0.1) is 0 Å². The lowest BCUT2D eigenvalue weighted by molar-refractivity contribution is -0.119. The highest BCUT2D eigenvalue weighted by atomic mass is 19.1. The van der Waals surface area contributed by atoms with E-state index in [-0.39, 0.29) is 37.2 Å². The summed E-state index contributed by atoms with van der Waals surface area (Å²) in [6, 6.07) is 14.8. The Morgan fingerprint density at radius 1 is 1.13 bits per heavy atom. The number of benzene rings is 2. The van der Waals surface area contributed by atoms with E-state index in [2.05, 4.69) is 0 Å². The number of carbonyl (C=O) groups is 1. The molecule has 0 saturated heterocycles. The first-order valence-electron chi connectivity index (χ1n) is 9.65. The number of rotatable bonds is 6. The molecule has 2 heterocycles. The van der Waals surface area contributed by atoms with Gasteiger partial charge < -0.3 is 19.3 Å². The number of fused-ring (bicyclic) bond motifs is 1. The first-order valence-corrected chi connectivity index (χ1v) is 9.65. The number of aliphatic hydroxyl groups excluding tert-OH is 1. The van der Waals surface area contributed by atoms with Crippen LogP contribution in [0.15, 0.2) is 65.6 Å². The third-order valence-electron chi connectivity index (χ3n) is 5.15. The number of nitrogens with zero attached hydrogens (tertiary/aromatic N) is 2. The summed E-state index contributed by atoms with van der Waals surface area (Å²) in [5.74, 6) is -0.427. The maximum Gasteiger partial charge on any atom is 0.246 e. The molecule has 30 heavy (non-hydrogen) atoms. The summed E-state index contributed by atoms with van der Waals surface area (Å²) in [7, 11) is 0. The molecule has 4 rings (SSSR count). The Bertz CT molecular complexity index is 1120. The molecule has 1 N–H and O–H groups in total. The van der Waals surface area contributed by atoms with Crippen molar-refractivity contribution in [1.29, 1.82) is 0 Å². The minimum atomic E-state index is -0.392. The van der Waals surface area contributed by atoms with Crippen molar-refractivity contribution in [2.24, 2.45) is 0 Å². The second kappa shape index (κ2) is 8.51. The minimum absolute atomic E-state index is 0.0303. The van der Waals surface area contributed by atoms with Crippen molar-refractivity contribution in [3.8, 4) is 5.75 Å². The van der Waals surface area contributed by atoms with Gasteiger partial charge in [-0.1, -0.05) is 30.3 Å². The summed E-state index contributed by atoms with van der Waals surface area (Å²) >= 11 is 0. The van der Waals surface area contributed by atoms with Gasteiger partial charge in [0.15, 0.2) is 5.75 Å². The second-order valence-corrected chi connectivity index (χ2v) is 7.12. The lowest BCUT2D eigenvalue weighted by Gasteiger charge is -2.20. The molecule has 0 saturated carbocycles. The zero-order chi connectivity index (χ0) is 21.1. The standard InChI is InChI=1S/C23H21FN2O4/c24-18-7-5-16(6-8-18)15-30-22-12-25(19(14-27)11-21(22)28)13-23(29)26-10-9-17-3-1-2-4-20(17)26/h1-8,11-12,27H,9-10,13-15H2. The average molecular weight is 408 g/mol. The quantitative estimate of drug-likeness (QED) is 0.681. The topological polar surface area (TPSA) is 71.8 Å². The molecule has 1 aliphatic rings. The molecule has 0 atom stereocenters. The predicted octanol–water partition coefficient (Wildman–Crippen LogP) is 2.65.